The van der Waals surface area contributed by atoms with Crippen molar-refractivity contribution in [1.29, 1.82) is 0 Å². The van der Waals surface area contributed by atoms with Gasteiger partial charge in [0.1, 0.15) is 17.2 Å². The van der Waals surface area contributed by atoms with Crippen LogP contribution in [0.5, 0.6) is 0 Å². The van der Waals surface area contributed by atoms with Crippen molar-refractivity contribution in [2.75, 3.05) is 48.3 Å². The lowest BCUT2D eigenvalue weighted by molar-refractivity contribution is -0.126. The van der Waals surface area contributed by atoms with Gasteiger partial charge in [-0.3, -0.25) is 14.9 Å². The summed E-state index contributed by atoms with van der Waals surface area (Å²) in [4.78, 5) is 45.9. The Kier molecular flexibility index (Phi) is 5.13. The van der Waals surface area contributed by atoms with E-state index < -0.39 is 5.54 Å². The van der Waals surface area contributed by atoms with Crippen molar-refractivity contribution in [2.24, 2.45) is 0 Å². The van der Waals surface area contributed by atoms with Gasteiger partial charge in [0.15, 0.2) is 0 Å². The Morgan fingerprint density at radius 2 is 1.82 bits per heavy atom. The number of fused-ring (bicyclic) bond motifs is 1. The quantitative estimate of drug-likeness (QED) is 0.653. The lowest BCUT2D eigenvalue weighted by Gasteiger charge is -2.38. The molecular weight excluding hydrogens is 432 g/mol. The van der Waals surface area contributed by atoms with Gasteiger partial charge < -0.3 is 20.0 Å². The summed E-state index contributed by atoms with van der Waals surface area (Å²) in [6.45, 7) is 4.01. The summed E-state index contributed by atoms with van der Waals surface area (Å²) >= 11 is 0. The van der Waals surface area contributed by atoms with Gasteiger partial charge in [-0.15, -0.1) is 0 Å². The molecule has 1 aliphatic carbocycles. The Hall–Kier alpha value is -3.27. The number of nitrogens with one attached hydrogen (secondary N) is 2. The van der Waals surface area contributed by atoms with E-state index in [4.69, 9.17) is 4.98 Å². The Balaban J connectivity index is 1.24. The predicted octanol–water partition coefficient (Wildman–Crippen LogP) is 1.46. The Morgan fingerprint density at radius 3 is 2.50 bits per heavy atom. The van der Waals surface area contributed by atoms with Crippen LogP contribution in [0.4, 0.5) is 23.3 Å². The summed E-state index contributed by atoms with van der Waals surface area (Å²) in [5, 5.41) is 5.80. The van der Waals surface area contributed by atoms with Crippen molar-refractivity contribution in [3.8, 4) is 0 Å². The average molecular weight is 463 g/mol. The third kappa shape index (κ3) is 3.56. The molecule has 6 rings (SSSR count). The van der Waals surface area contributed by atoms with Gasteiger partial charge in [0.05, 0.1) is 18.3 Å². The van der Waals surface area contributed by atoms with E-state index in [2.05, 4.69) is 42.3 Å². The first kappa shape index (κ1) is 21.3. The summed E-state index contributed by atoms with van der Waals surface area (Å²) in [5.41, 5.74) is 0.866. The minimum atomic E-state index is -0.868. The van der Waals surface area contributed by atoms with Gasteiger partial charge >= 0.3 is 0 Å². The smallest absolute Gasteiger partial charge is 0.253 e. The summed E-state index contributed by atoms with van der Waals surface area (Å²) in [6, 6.07) is 4.23. The number of carbonyl (C=O) groups is 2. The molecule has 10 nitrogen and oxygen atoms in total. The number of imide groups is 1. The van der Waals surface area contributed by atoms with Gasteiger partial charge in [0.25, 0.3) is 5.91 Å². The van der Waals surface area contributed by atoms with Crippen LogP contribution in [-0.2, 0) is 16.0 Å². The fourth-order valence-electron chi connectivity index (χ4n) is 5.86. The van der Waals surface area contributed by atoms with E-state index in [1.165, 1.54) is 0 Å². The largest absolute Gasteiger partial charge is 0.354 e. The maximum absolute atomic E-state index is 12.9. The zero-order chi connectivity index (χ0) is 23.3. The first-order valence-corrected chi connectivity index (χ1v) is 12.2. The molecule has 1 spiro atoms. The highest BCUT2D eigenvalue weighted by Gasteiger charge is 2.58. The monoisotopic (exact) mass is 462 g/mol. The van der Waals surface area contributed by atoms with Crippen molar-refractivity contribution in [2.45, 2.75) is 50.1 Å². The molecule has 2 amide bonds. The first-order valence-electron chi connectivity index (χ1n) is 12.2. The molecule has 1 atom stereocenters. The van der Waals surface area contributed by atoms with Gasteiger partial charge in [-0.05, 0) is 32.0 Å². The Labute approximate surface area is 198 Å². The maximum atomic E-state index is 12.9. The van der Waals surface area contributed by atoms with Gasteiger partial charge in [0.2, 0.25) is 11.9 Å². The van der Waals surface area contributed by atoms with Crippen LogP contribution in [-0.4, -0.2) is 76.5 Å². The molecule has 4 aliphatic rings. The molecular formula is C24H30N8O2. The molecule has 10 heteroatoms. The van der Waals surface area contributed by atoms with Crippen molar-refractivity contribution in [3.63, 3.8) is 0 Å². The second-order valence-corrected chi connectivity index (χ2v) is 9.93. The van der Waals surface area contributed by atoms with Gasteiger partial charge in [-0.1, -0.05) is 12.8 Å². The lowest BCUT2D eigenvalue weighted by Crippen LogP contribution is -2.56. The average Bonchev–Trinajstić information content (AvgIpc) is 3.52. The molecule has 1 unspecified atom stereocenters. The predicted molar refractivity (Wildman–Crippen MR) is 128 cm³/mol. The molecule has 0 radical (unpaired) electrons. The number of amides is 2. The molecule has 2 aromatic heterocycles. The number of aromatic nitrogens is 3. The normalized spacial score (nSPS) is 25.3. The Bertz CT molecular complexity index is 1110. The van der Waals surface area contributed by atoms with Gasteiger partial charge in [-0.2, -0.15) is 4.98 Å². The Morgan fingerprint density at radius 1 is 1.03 bits per heavy atom. The zero-order valence-corrected chi connectivity index (χ0v) is 19.5. The molecule has 2 saturated heterocycles. The second-order valence-electron chi connectivity index (χ2n) is 9.93. The fourth-order valence-corrected chi connectivity index (χ4v) is 5.86. The SMILES string of the molecule is CN1CCN(c2ccc(Nc3ncc4c(n3)N(C3CCCC3)C3(CC(=O)NC3=O)C4)cn2)CC1. The molecule has 3 fully saturated rings. The summed E-state index contributed by atoms with van der Waals surface area (Å²) in [7, 11) is 2.14. The van der Waals surface area contributed by atoms with Crippen LogP contribution in [0.25, 0.3) is 0 Å². The molecule has 1 saturated carbocycles. The molecule has 0 bridgehead atoms. The third-order valence-corrected chi connectivity index (χ3v) is 7.66. The van der Waals surface area contributed by atoms with Crippen LogP contribution in [0.15, 0.2) is 24.5 Å². The molecule has 34 heavy (non-hydrogen) atoms. The van der Waals surface area contributed by atoms with E-state index in [0.717, 1.165) is 74.7 Å². The highest BCUT2D eigenvalue weighted by atomic mass is 16.2. The minimum absolute atomic E-state index is 0.180. The van der Waals surface area contributed by atoms with Crippen molar-refractivity contribution in [3.05, 3.63) is 30.1 Å². The topological polar surface area (TPSA) is 107 Å². The summed E-state index contributed by atoms with van der Waals surface area (Å²) < 4.78 is 0. The molecule has 3 aliphatic heterocycles. The third-order valence-electron chi connectivity index (χ3n) is 7.66. The number of carbonyl (C=O) groups excluding carboxylic acids is 2. The standard InChI is InChI=1S/C24H30N8O2/c1-30-8-10-31(11-9-30)19-7-6-17(15-25-19)27-23-26-14-16-12-24(13-20(33)28-22(24)34)32(21(16)29-23)18-4-2-3-5-18/h6-7,14-15,18H,2-5,8-13H2,1H3,(H,26,27,29)(H,28,33,34). The maximum Gasteiger partial charge on any atom is 0.253 e. The van der Waals surface area contributed by atoms with Crippen molar-refractivity contribution >= 4 is 35.1 Å². The van der Waals surface area contributed by atoms with Crippen LogP contribution in [0, 0.1) is 0 Å². The van der Waals surface area contributed by atoms with E-state index in [-0.39, 0.29) is 24.3 Å². The van der Waals surface area contributed by atoms with Crippen molar-refractivity contribution < 1.29 is 9.59 Å². The molecule has 2 aromatic rings. The highest BCUT2D eigenvalue weighted by molar-refractivity contribution is 6.11. The van der Waals surface area contributed by atoms with E-state index >= 15 is 0 Å². The van der Waals surface area contributed by atoms with Gasteiger partial charge in [-0.25, -0.2) is 9.97 Å². The van der Waals surface area contributed by atoms with Gasteiger partial charge in [0, 0.05) is 50.4 Å². The molecule has 2 N–H and O–H groups in total. The number of pyridine rings is 1. The van der Waals surface area contributed by atoms with E-state index in [1.807, 2.05) is 18.3 Å². The van der Waals surface area contributed by atoms with Crippen LogP contribution < -0.4 is 20.4 Å². The number of hydrogen-bond donors (Lipinski definition) is 2. The minimum Gasteiger partial charge on any atom is -0.354 e. The van der Waals surface area contributed by atoms with E-state index in [1.54, 1.807) is 6.20 Å². The number of likely N-dealkylation sites (N-methyl/N-ethyl adjacent to an activating group) is 1. The molecule has 5 heterocycles. The van der Waals surface area contributed by atoms with E-state index in [0.29, 0.717) is 12.4 Å². The molecule has 178 valence electrons. The lowest BCUT2D eigenvalue weighted by atomic mass is 9.91. The second kappa shape index (κ2) is 8.19. The van der Waals surface area contributed by atoms with Crippen LogP contribution >= 0.6 is 0 Å². The highest BCUT2D eigenvalue weighted by Crippen LogP contribution is 2.46. The number of piperazine rings is 1. The van der Waals surface area contributed by atoms with Crippen LogP contribution in [0.1, 0.15) is 37.7 Å². The van der Waals surface area contributed by atoms with E-state index in [9.17, 15) is 9.59 Å². The molecule has 0 aromatic carbocycles. The number of hydrogen-bond acceptors (Lipinski definition) is 9. The summed E-state index contributed by atoms with van der Waals surface area (Å²) in [5.74, 6) is 1.80. The van der Waals surface area contributed by atoms with Crippen LogP contribution in [0.3, 0.4) is 0 Å². The number of rotatable bonds is 4. The van der Waals surface area contributed by atoms with Crippen LogP contribution in [0.2, 0.25) is 0 Å². The number of anilines is 4. The fraction of sp³-hybridized carbons (Fsp3) is 0.542. The van der Waals surface area contributed by atoms with Crippen molar-refractivity contribution in [1.82, 2.24) is 25.2 Å². The first-order chi connectivity index (χ1) is 16.5. The summed E-state index contributed by atoms with van der Waals surface area (Å²) in [6.07, 6.45) is 8.53. The number of nitrogens with zero attached hydrogens (tertiary/aromatic N) is 6. The zero-order valence-electron chi connectivity index (χ0n) is 19.5.